The van der Waals surface area contributed by atoms with E-state index in [1.165, 1.54) is 0 Å². The number of ether oxygens (including phenoxy) is 2. The summed E-state index contributed by atoms with van der Waals surface area (Å²) in [6.07, 6.45) is 4.05. The topological polar surface area (TPSA) is 70.5 Å². The number of hydrogen-bond donors (Lipinski definition) is 1. The minimum absolute atomic E-state index is 0.320. The number of nitrogens with zero attached hydrogens (tertiary/aromatic N) is 1. The molecule has 5 nitrogen and oxygen atoms in total. The molecule has 2 aromatic rings. The van der Waals surface area contributed by atoms with E-state index in [0.717, 1.165) is 25.7 Å². The van der Waals surface area contributed by atoms with Gasteiger partial charge in [0.2, 0.25) is 0 Å². The first kappa shape index (κ1) is 11.9. The zero-order chi connectivity index (χ0) is 13.7. The van der Waals surface area contributed by atoms with Crippen molar-refractivity contribution in [2.75, 3.05) is 5.73 Å². The second kappa shape index (κ2) is 4.06. The number of nitrogen functional groups attached to an aromatic ring is 1. The largest absolute Gasteiger partial charge is 0.448 e. The summed E-state index contributed by atoms with van der Waals surface area (Å²) < 4.78 is 17.1. The predicted molar refractivity (Wildman–Crippen MR) is 73.8 cm³/mol. The summed E-state index contributed by atoms with van der Waals surface area (Å²) >= 11 is 6.28. The van der Waals surface area contributed by atoms with E-state index < -0.39 is 5.79 Å². The van der Waals surface area contributed by atoms with Crippen molar-refractivity contribution in [2.24, 2.45) is 0 Å². The van der Waals surface area contributed by atoms with Crippen molar-refractivity contribution in [3.63, 3.8) is 0 Å². The van der Waals surface area contributed by atoms with Crippen LogP contribution in [0.25, 0.3) is 11.3 Å². The molecule has 4 rings (SSSR count). The first-order valence-corrected chi connectivity index (χ1v) is 6.97. The number of nitrogens with two attached hydrogens (primary N) is 1. The molecular weight excluding hydrogens is 280 g/mol. The van der Waals surface area contributed by atoms with Crippen molar-refractivity contribution in [3.8, 4) is 22.8 Å². The zero-order valence-corrected chi connectivity index (χ0v) is 11.4. The number of rotatable bonds is 1. The predicted octanol–water partition coefficient (Wildman–Crippen LogP) is 3.62. The smallest absolute Gasteiger partial charge is 0.251 e. The van der Waals surface area contributed by atoms with Crippen LogP contribution in [-0.2, 0) is 0 Å². The van der Waals surface area contributed by atoms with Gasteiger partial charge in [-0.25, -0.2) is 0 Å². The van der Waals surface area contributed by atoms with Crippen LogP contribution >= 0.6 is 11.6 Å². The third-order valence-electron chi connectivity index (χ3n) is 3.78. The Balaban J connectivity index is 1.75. The molecule has 0 radical (unpaired) electrons. The maximum Gasteiger partial charge on any atom is 0.251 e. The van der Waals surface area contributed by atoms with Gasteiger partial charge in [-0.2, -0.15) is 0 Å². The monoisotopic (exact) mass is 292 g/mol. The van der Waals surface area contributed by atoms with Crippen LogP contribution in [0, 0.1) is 0 Å². The quantitative estimate of drug-likeness (QED) is 0.869. The molecule has 0 atom stereocenters. The molecule has 20 heavy (non-hydrogen) atoms. The lowest BCUT2D eigenvalue weighted by Gasteiger charge is -2.21. The fourth-order valence-electron chi connectivity index (χ4n) is 2.84. The Morgan fingerprint density at radius 3 is 2.45 bits per heavy atom. The lowest BCUT2D eigenvalue weighted by Crippen LogP contribution is -2.34. The van der Waals surface area contributed by atoms with E-state index in [1.54, 1.807) is 12.1 Å². The van der Waals surface area contributed by atoms with Crippen molar-refractivity contribution in [1.82, 2.24) is 5.16 Å². The summed E-state index contributed by atoms with van der Waals surface area (Å²) in [7, 11) is 0. The van der Waals surface area contributed by atoms with Crippen LogP contribution in [0.3, 0.4) is 0 Å². The molecule has 1 aliphatic carbocycles. The van der Waals surface area contributed by atoms with E-state index >= 15 is 0 Å². The van der Waals surface area contributed by atoms with Gasteiger partial charge >= 0.3 is 0 Å². The van der Waals surface area contributed by atoms with Gasteiger partial charge in [0, 0.05) is 30.5 Å². The van der Waals surface area contributed by atoms with Crippen LogP contribution in [0.1, 0.15) is 25.7 Å². The summed E-state index contributed by atoms with van der Waals surface area (Å²) in [5.41, 5.74) is 6.27. The Bertz CT molecular complexity index is 677. The van der Waals surface area contributed by atoms with Gasteiger partial charge in [0.25, 0.3) is 5.79 Å². The minimum Gasteiger partial charge on any atom is -0.448 e. The molecule has 6 heteroatoms. The number of benzene rings is 1. The molecule has 0 unspecified atom stereocenters. The van der Waals surface area contributed by atoms with Gasteiger partial charge in [-0.3, -0.25) is 0 Å². The normalized spacial score (nSPS) is 18.9. The average molecular weight is 293 g/mol. The molecule has 2 N–H and O–H groups in total. The highest BCUT2D eigenvalue weighted by Gasteiger charge is 2.44. The van der Waals surface area contributed by atoms with Gasteiger partial charge in [-0.05, 0) is 18.9 Å². The molecule has 0 bridgehead atoms. The van der Waals surface area contributed by atoms with Gasteiger partial charge in [0.1, 0.15) is 0 Å². The van der Waals surface area contributed by atoms with Crippen molar-refractivity contribution < 1.29 is 14.0 Å². The molecular formula is C14H13ClN2O3. The first-order valence-electron chi connectivity index (χ1n) is 6.59. The summed E-state index contributed by atoms with van der Waals surface area (Å²) in [5.74, 6) is 1.73. The average Bonchev–Trinajstić information content (AvgIpc) is 3.10. The number of anilines is 1. The first-order chi connectivity index (χ1) is 9.65. The number of hydrogen-bond acceptors (Lipinski definition) is 5. The fourth-order valence-corrected chi connectivity index (χ4v) is 3.09. The van der Waals surface area contributed by atoms with Gasteiger partial charge in [-0.1, -0.05) is 16.8 Å². The molecule has 2 heterocycles. The molecule has 1 aromatic heterocycles. The number of halogens is 1. The molecule has 1 aliphatic heterocycles. The van der Waals surface area contributed by atoms with Gasteiger partial charge < -0.3 is 19.7 Å². The van der Waals surface area contributed by atoms with Gasteiger partial charge in [-0.15, -0.1) is 0 Å². The van der Waals surface area contributed by atoms with E-state index in [0.29, 0.717) is 33.7 Å². The Kier molecular flexibility index (Phi) is 2.41. The third-order valence-corrected chi connectivity index (χ3v) is 4.10. The standard InChI is InChI=1S/C14H13ClN2O3/c15-9-6-12-11(18-14(19-12)3-1-2-4-14)5-8(9)10-7-13(16)17-20-10/h5-7H,1-4H2,(H2,16,17). The van der Waals surface area contributed by atoms with Gasteiger partial charge in [0.15, 0.2) is 23.1 Å². The highest BCUT2D eigenvalue weighted by Crippen LogP contribution is 2.49. The molecule has 0 amide bonds. The third kappa shape index (κ3) is 1.73. The lowest BCUT2D eigenvalue weighted by molar-refractivity contribution is -0.0716. The molecule has 2 aliphatic rings. The Morgan fingerprint density at radius 2 is 1.80 bits per heavy atom. The van der Waals surface area contributed by atoms with Crippen molar-refractivity contribution in [1.29, 1.82) is 0 Å². The van der Waals surface area contributed by atoms with Crippen LogP contribution in [-0.4, -0.2) is 10.9 Å². The minimum atomic E-state index is -0.495. The SMILES string of the molecule is Nc1cc(-c2cc3c(cc2Cl)OC2(CCCC2)O3)on1. The molecule has 1 fully saturated rings. The maximum atomic E-state index is 6.28. The second-order valence-electron chi connectivity index (χ2n) is 5.22. The summed E-state index contributed by atoms with van der Waals surface area (Å²) in [6, 6.07) is 5.22. The van der Waals surface area contributed by atoms with Crippen LogP contribution in [0.4, 0.5) is 5.82 Å². The van der Waals surface area contributed by atoms with E-state index in [-0.39, 0.29) is 0 Å². The zero-order valence-electron chi connectivity index (χ0n) is 10.7. The molecule has 1 saturated carbocycles. The summed E-state index contributed by atoms with van der Waals surface area (Å²) in [6.45, 7) is 0. The molecule has 104 valence electrons. The van der Waals surface area contributed by atoms with E-state index in [9.17, 15) is 0 Å². The van der Waals surface area contributed by atoms with E-state index in [1.807, 2.05) is 6.07 Å². The highest BCUT2D eigenvalue weighted by molar-refractivity contribution is 6.33. The Hall–Kier alpha value is -1.88. The van der Waals surface area contributed by atoms with Crippen LogP contribution in [0.5, 0.6) is 11.5 Å². The van der Waals surface area contributed by atoms with Gasteiger partial charge in [0.05, 0.1) is 5.02 Å². The Morgan fingerprint density at radius 1 is 1.10 bits per heavy atom. The lowest BCUT2D eigenvalue weighted by atomic mass is 10.1. The highest BCUT2D eigenvalue weighted by atomic mass is 35.5. The molecule has 0 saturated heterocycles. The van der Waals surface area contributed by atoms with Crippen molar-refractivity contribution in [3.05, 3.63) is 23.2 Å². The number of fused-ring (bicyclic) bond motifs is 1. The fraction of sp³-hybridized carbons (Fsp3) is 0.357. The summed E-state index contributed by atoms with van der Waals surface area (Å²) in [4.78, 5) is 0. The van der Waals surface area contributed by atoms with Crippen LogP contribution < -0.4 is 15.2 Å². The maximum absolute atomic E-state index is 6.28. The molecule has 1 aromatic carbocycles. The van der Waals surface area contributed by atoms with E-state index in [2.05, 4.69) is 5.16 Å². The second-order valence-corrected chi connectivity index (χ2v) is 5.62. The van der Waals surface area contributed by atoms with Crippen molar-refractivity contribution in [2.45, 2.75) is 31.5 Å². The molecule has 1 spiro atoms. The van der Waals surface area contributed by atoms with Crippen molar-refractivity contribution >= 4 is 17.4 Å². The number of aromatic nitrogens is 1. The van der Waals surface area contributed by atoms with Crippen LogP contribution in [0.2, 0.25) is 5.02 Å². The van der Waals surface area contributed by atoms with Crippen LogP contribution in [0.15, 0.2) is 22.7 Å². The van der Waals surface area contributed by atoms with E-state index in [4.69, 9.17) is 31.3 Å². The summed E-state index contributed by atoms with van der Waals surface area (Å²) in [5, 5.41) is 4.20. The Labute approximate surface area is 120 Å².